The predicted octanol–water partition coefficient (Wildman–Crippen LogP) is 3.74. The molecule has 0 spiro atoms. The van der Waals surface area contributed by atoms with Gasteiger partial charge in [0, 0.05) is 30.4 Å². The number of amides is 2. The minimum absolute atomic E-state index is 0.0520. The molecule has 36 heavy (non-hydrogen) atoms. The van der Waals surface area contributed by atoms with Gasteiger partial charge in [-0.05, 0) is 45.0 Å². The number of ether oxygens (including phenoxy) is 2. The Balaban J connectivity index is 1.65. The molecular formula is C24H22N8O4. The van der Waals surface area contributed by atoms with Gasteiger partial charge in [0.05, 0.1) is 28.7 Å². The quantitative estimate of drug-likeness (QED) is 0.388. The van der Waals surface area contributed by atoms with Crippen LogP contribution < -0.4 is 15.8 Å². The number of aromatic nitrogens is 6. The van der Waals surface area contributed by atoms with E-state index < -0.39 is 17.8 Å². The lowest BCUT2D eigenvalue weighted by Gasteiger charge is -2.19. The number of imide groups is 1. The number of imidazole rings is 1. The van der Waals surface area contributed by atoms with Crippen LogP contribution in [-0.4, -0.2) is 46.7 Å². The number of anilines is 1. The molecule has 0 radical (unpaired) electrons. The van der Waals surface area contributed by atoms with Crippen LogP contribution in [0.25, 0.3) is 33.6 Å². The second-order valence-electron chi connectivity index (χ2n) is 8.81. The number of carbonyl (C=O) groups excluding carboxylic acids is 2. The number of pyridine rings is 2. The van der Waals surface area contributed by atoms with Crippen molar-refractivity contribution in [2.24, 2.45) is 0 Å². The molecule has 0 fully saturated rings. The Kier molecular flexibility index (Phi) is 5.47. The summed E-state index contributed by atoms with van der Waals surface area (Å²) < 4.78 is 14.2. The SMILES string of the molecule is CC(C)(C)OC(=O)NC(=O)Oc1ncnc2c1c(-c1ccc(N)c3nccn13)cn2-c1cccnc1. The number of nitrogens with two attached hydrogens (primary N) is 1. The van der Waals surface area contributed by atoms with Gasteiger partial charge < -0.3 is 15.2 Å². The molecular weight excluding hydrogens is 464 g/mol. The van der Waals surface area contributed by atoms with Crippen LogP contribution >= 0.6 is 0 Å². The number of nitrogens with one attached hydrogen (secondary N) is 1. The van der Waals surface area contributed by atoms with E-state index in [1.165, 1.54) is 6.33 Å². The van der Waals surface area contributed by atoms with Gasteiger partial charge in [0.25, 0.3) is 0 Å². The summed E-state index contributed by atoms with van der Waals surface area (Å²) in [6.07, 6.45) is 7.86. The summed E-state index contributed by atoms with van der Waals surface area (Å²) in [6, 6.07) is 7.23. The predicted molar refractivity (Wildman–Crippen MR) is 131 cm³/mol. The van der Waals surface area contributed by atoms with E-state index in [0.717, 1.165) is 5.69 Å². The van der Waals surface area contributed by atoms with E-state index in [0.29, 0.717) is 33.6 Å². The minimum Gasteiger partial charge on any atom is -0.443 e. The Morgan fingerprint density at radius 1 is 1.03 bits per heavy atom. The maximum Gasteiger partial charge on any atom is 0.423 e. The number of alkyl carbamates (subject to hydrolysis) is 1. The lowest BCUT2D eigenvalue weighted by molar-refractivity contribution is 0.0533. The van der Waals surface area contributed by atoms with E-state index in [9.17, 15) is 9.59 Å². The Bertz CT molecular complexity index is 1600. The molecule has 0 bridgehead atoms. The molecule has 12 nitrogen and oxygen atoms in total. The van der Waals surface area contributed by atoms with Crippen molar-refractivity contribution in [2.75, 3.05) is 5.73 Å². The van der Waals surface area contributed by atoms with Crippen molar-refractivity contribution in [3.8, 4) is 22.8 Å². The lowest BCUT2D eigenvalue weighted by atomic mass is 10.1. The van der Waals surface area contributed by atoms with Crippen molar-refractivity contribution >= 4 is 34.6 Å². The van der Waals surface area contributed by atoms with Gasteiger partial charge in [-0.1, -0.05) is 0 Å². The van der Waals surface area contributed by atoms with Gasteiger partial charge in [-0.3, -0.25) is 14.0 Å². The highest BCUT2D eigenvalue weighted by Gasteiger charge is 2.24. The van der Waals surface area contributed by atoms with Crippen molar-refractivity contribution in [3.63, 3.8) is 0 Å². The van der Waals surface area contributed by atoms with E-state index in [1.807, 2.05) is 28.0 Å². The van der Waals surface area contributed by atoms with Gasteiger partial charge in [-0.15, -0.1) is 0 Å². The summed E-state index contributed by atoms with van der Waals surface area (Å²) in [4.78, 5) is 41.7. The number of rotatable bonds is 3. The molecule has 5 rings (SSSR count). The van der Waals surface area contributed by atoms with Gasteiger partial charge in [-0.25, -0.2) is 29.9 Å². The average Bonchev–Trinajstić information content (AvgIpc) is 3.45. The molecule has 0 atom stereocenters. The maximum absolute atomic E-state index is 12.5. The molecule has 5 aromatic heterocycles. The zero-order chi connectivity index (χ0) is 25.4. The number of fused-ring (bicyclic) bond motifs is 2. The monoisotopic (exact) mass is 486 g/mol. The van der Waals surface area contributed by atoms with Crippen LogP contribution in [0.1, 0.15) is 20.8 Å². The number of nitrogen functional groups attached to an aromatic ring is 1. The van der Waals surface area contributed by atoms with E-state index in [-0.39, 0.29) is 5.88 Å². The Labute approximate surface area is 204 Å². The normalized spacial score (nSPS) is 11.5. The number of hydrogen-bond donors (Lipinski definition) is 2. The summed E-state index contributed by atoms with van der Waals surface area (Å²) in [7, 11) is 0. The Morgan fingerprint density at radius 3 is 2.61 bits per heavy atom. The van der Waals surface area contributed by atoms with Crippen molar-refractivity contribution in [2.45, 2.75) is 26.4 Å². The first-order valence-corrected chi connectivity index (χ1v) is 10.9. The van der Waals surface area contributed by atoms with Crippen LogP contribution in [0, 0.1) is 0 Å². The molecule has 12 heteroatoms. The van der Waals surface area contributed by atoms with Crippen molar-refractivity contribution in [1.29, 1.82) is 0 Å². The summed E-state index contributed by atoms with van der Waals surface area (Å²) in [6.45, 7) is 5.05. The Morgan fingerprint density at radius 2 is 1.86 bits per heavy atom. The number of carbonyl (C=O) groups is 2. The van der Waals surface area contributed by atoms with E-state index >= 15 is 0 Å². The number of nitrogens with zero attached hydrogens (tertiary/aromatic N) is 6. The maximum atomic E-state index is 12.5. The molecule has 0 aromatic carbocycles. The molecule has 5 heterocycles. The first kappa shape index (κ1) is 22.8. The van der Waals surface area contributed by atoms with Gasteiger partial charge in [0.15, 0.2) is 11.3 Å². The third-order valence-electron chi connectivity index (χ3n) is 5.12. The highest BCUT2D eigenvalue weighted by molar-refractivity contribution is 6.00. The van der Waals surface area contributed by atoms with Gasteiger partial charge in [-0.2, -0.15) is 0 Å². The van der Waals surface area contributed by atoms with Crippen LogP contribution in [0.3, 0.4) is 0 Å². The zero-order valence-corrected chi connectivity index (χ0v) is 19.7. The first-order chi connectivity index (χ1) is 17.2. The first-order valence-electron chi connectivity index (χ1n) is 10.9. The van der Waals surface area contributed by atoms with Crippen LogP contribution in [0.4, 0.5) is 15.3 Å². The molecule has 0 unspecified atom stereocenters. The standard InChI is InChI=1S/C24H22N8O4/c1-24(2,3)36-23(34)30-22(33)35-21-18-15(17-7-6-16(25)19-27-9-10-31(17)19)12-32(20(18)28-13-29-21)14-5-4-8-26-11-14/h4-13H,25H2,1-3H3,(H,30,33,34). The van der Waals surface area contributed by atoms with Crippen molar-refractivity contribution < 1.29 is 19.1 Å². The molecule has 2 amide bonds. The van der Waals surface area contributed by atoms with Crippen LogP contribution in [0.15, 0.2) is 61.6 Å². The van der Waals surface area contributed by atoms with E-state index in [1.54, 1.807) is 62.3 Å². The number of hydrogen-bond acceptors (Lipinski definition) is 9. The zero-order valence-electron chi connectivity index (χ0n) is 19.7. The second kappa shape index (κ2) is 8.65. The molecule has 0 aliphatic carbocycles. The van der Waals surface area contributed by atoms with Gasteiger partial charge in [0.2, 0.25) is 5.88 Å². The third-order valence-corrected chi connectivity index (χ3v) is 5.12. The molecule has 182 valence electrons. The molecule has 3 N–H and O–H groups in total. The topological polar surface area (TPSA) is 152 Å². The minimum atomic E-state index is -1.05. The van der Waals surface area contributed by atoms with Crippen molar-refractivity contribution in [3.05, 3.63) is 61.6 Å². The lowest BCUT2D eigenvalue weighted by Crippen LogP contribution is -2.38. The smallest absolute Gasteiger partial charge is 0.423 e. The van der Waals surface area contributed by atoms with Crippen molar-refractivity contribution in [1.82, 2.24) is 34.2 Å². The highest BCUT2D eigenvalue weighted by Crippen LogP contribution is 2.37. The average molecular weight is 486 g/mol. The van der Waals surface area contributed by atoms with Crippen LogP contribution in [-0.2, 0) is 4.74 Å². The van der Waals surface area contributed by atoms with Crippen LogP contribution in [0.2, 0.25) is 0 Å². The summed E-state index contributed by atoms with van der Waals surface area (Å²) in [5.74, 6) is -0.0520. The molecule has 0 aliphatic rings. The van der Waals surface area contributed by atoms with Gasteiger partial charge >= 0.3 is 12.2 Å². The fourth-order valence-corrected chi connectivity index (χ4v) is 3.75. The van der Waals surface area contributed by atoms with Crippen LogP contribution in [0.5, 0.6) is 5.88 Å². The summed E-state index contributed by atoms with van der Waals surface area (Å²) in [5, 5.41) is 2.48. The summed E-state index contributed by atoms with van der Waals surface area (Å²) >= 11 is 0. The fourth-order valence-electron chi connectivity index (χ4n) is 3.75. The highest BCUT2D eigenvalue weighted by atomic mass is 16.6. The molecule has 5 aromatic rings. The van der Waals surface area contributed by atoms with Gasteiger partial charge in [0.1, 0.15) is 11.9 Å². The Hall–Kier alpha value is -5.00. The van der Waals surface area contributed by atoms with E-state index in [4.69, 9.17) is 15.2 Å². The van der Waals surface area contributed by atoms with E-state index in [2.05, 4.69) is 19.9 Å². The third kappa shape index (κ3) is 4.27. The second-order valence-corrected chi connectivity index (χ2v) is 8.81. The largest absolute Gasteiger partial charge is 0.443 e. The molecule has 0 saturated heterocycles. The molecule has 0 saturated carbocycles. The fraction of sp³-hybridized carbons (Fsp3) is 0.167. The molecule has 0 aliphatic heterocycles. The summed E-state index contributed by atoms with van der Waals surface area (Å²) in [5.41, 5.74) is 8.91.